The van der Waals surface area contributed by atoms with E-state index in [1.807, 2.05) is 62.4 Å². The molecule has 2 aromatic rings. The second-order valence-electron chi connectivity index (χ2n) is 6.84. The number of carbonyl (C=O) groups is 1. The van der Waals surface area contributed by atoms with E-state index in [0.29, 0.717) is 0 Å². The molecule has 0 unspecified atom stereocenters. The SMILES string of the molecule is Cc1ccc(N2C(=O)N(c3ccccc3)[C@H]3CS(=O)(=O)C[C@@H]32)cc1C. The fourth-order valence-corrected chi connectivity index (χ4v) is 5.69. The molecule has 25 heavy (non-hydrogen) atoms. The smallest absolute Gasteiger partial charge is 0.288 e. The van der Waals surface area contributed by atoms with E-state index in [1.54, 1.807) is 9.80 Å². The monoisotopic (exact) mass is 356 g/mol. The lowest BCUT2D eigenvalue weighted by Gasteiger charge is -2.23. The Morgan fingerprint density at radius 3 is 2.04 bits per heavy atom. The number of hydrogen-bond donors (Lipinski definition) is 0. The summed E-state index contributed by atoms with van der Waals surface area (Å²) in [6, 6.07) is 14.3. The predicted octanol–water partition coefficient (Wildman–Crippen LogP) is 2.92. The first-order valence-corrected chi connectivity index (χ1v) is 10.1. The number of sulfone groups is 1. The van der Waals surface area contributed by atoms with Crippen molar-refractivity contribution in [2.45, 2.75) is 25.9 Å². The van der Waals surface area contributed by atoms with Crippen molar-refractivity contribution < 1.29 is 13.2 Å². The lowest BCUT2D eigenvalue weighted by atomic mass is 10.1. The van der Waals surface area contributed by atoms with E-state index in [4.69, 9.17) is 0 Å². The molecule has 0 saturated carbocycles. The molecule has 2 aliphatic heterocycles. The second-order valence-corrected chi connectivity index (χ2v) is 8.99. The van der Waals surface area contributed by atoms with Gasteiger partial charge in [0.1, 0.15) is 0 Å². The first-order chi connectivity index (χ1) is 11.9. The standard InChI is InChI=1S/C19H20N2O3S/c1-13-8-9-16(10-14(13)2)21-18-12-25(23,24)11-17(18)20(19(21)22)15-6-4-3-5-7-15/h3-10,17-18H,11-12H2,1-2H3/t17-,18-/m0/s1. The Morgan fingerprint density at radius 2 is 1.44 bits per heavy atom. The zero-order valence-corrected chi connectivity index (χ0v) is 15.0. The zero-order valence-electron chi connectivity index (χ0n) is 14.2. The van der Waals surface area contributed by atoms with Crippen molar-refractivity contribution in [3.8, 4) is 0 Å². The summed E-state index contributed by atoms with van der Waals surface area (Å²) in [5, 5.41) is 0. The lowest BCUT2D eigenvalue weighted by Crippen LogP contribution is -2.37. The van der Waals surface area contributed by atoms with Gasteiger partial charge in [-0.15, -0.1) is 0 Å². The molecule has 0 bridgehead atoms. The number of fused-ring (bicyclic) bond motifs is 1. The lowest BCUT2D eigenvalue weighted by molar-refractivity contribution is 0.255. The summed E-state index contributed by atoms with van der Waals surface area (Å²) in [7, 11) is -3.16. The molecule has 2 heterocycles. The van der Waals surface area contributed by atoms with Gasteiger partial charge in [-0.2, -0.15) is 0 Å². The topological polar surface area (TPSA) is 57.7 Å². The number of carbonyl (C=O) groups excluding carboxylic acids is 1. The quantitative estimate of drug-likeness (QED) is 0.778. The van der Waals surface area contributed by atoms with Crippen molar-refractivity contribution in [2.75, 3.05) is 21.3 Å². The maximum absolute atomic E-state index is 13.2. The first-order valence-electron chi connectivity index (χ1n) is 8.32. The van der Waals surface area contributed by atoms with Gasteiger partial charge in [0.05, 0.1) is 23.6 Å². The van der Waals surface area contributed by atoms with Crippen LogP contribution in [0.15, 0.2) is 48.5 Å². The van der Waals surface area contributed by atoms with Gasteiger partial charge in [-0.1, -0.05) is 24.3 Å². The third-order valence-electron chi connectivity index (χ3n) is 5.17. The van der Waals surface area contributed by atoms with E-state index in [0.717, 1.165) is 22.5 Å². The van der Waals surface area contributed by atoms with E-state index in [2.05, 4.69) is 0 Å². The Bertz CT molecular complexity index is 940. The molecule has 0 aliphatic carbocycles. The van der Waals surface area contributed by atoms with Gasteiger partial charge in [0.25, 0.3) is 0 Å². The Morgan fingerprint density at radius 1 is 0.840 bits per heavy atom. The number of para-hydroxylation sites is 1. The molecule has 6 heteroatoms. The number of urea groups is 1. The maximum Gasteiger partial charge on any atom is 0.329 e. The average molecular weight is 356 g/mol. The molecule has 2 aliphatic rings. The molecular weight excluding hydrogens is 336 g/mol. The van der Waals surface area contributed by atoms with Crippen molar-refractivity contribution in [3.63, 3.8) is 0 Å². The minimum absolute atomic E-state index is 0.0135. The van der Waals surface area contributed by atoms with Gasteiger partial charge in [-0.3, -0.25) is 9.80 Å². The van der Waals surface area contributed by atoms with Gasteiger partial charge in [-0.05, 0) is 49.2 Å². The summed E-state index contributed by atoms with van der Waals surface area (Å²) < 4.78 is 24.5. The van der Waals surface area contributed by atoms with Gasteiger partial charge in [-0.25, -0.2) is 13.2 Å². The zero-order chi connectivity index (χ0) is 17.8. The molecule has 2 atom stereocenters. The number of nitrogens with zero attached hydrogens (tertiary/aromatic N) is 2. The van der Waals surface area contributed by atoms with Gasteiger partial charge in [0.2, 0.25) is 0 Å². The number of benzene rings is 2. The predicted molar refractivity (Wildman–Crippen MR) is 98.9 cm³/mol. The van der Waals surface area contributed by atoms with Gasteiger partial charge < -0.3 is 0 Å². The Hall–Kier alpha value is -2.34. The molecular formula is C19H20N2O3S. The fourth-order valence-electron chi connectivity index (χ4n) is 3.77. The van der Waals surface area contributed by atoms with Crippen LogP contribution in [0.25, 0.3) is 0 Å². The van der Waals surface area contributed by atoms with E-state index in [-0.39, 0.29) is 29.6 Å². The Labute approximate surface area is 147 Å². The van der Waals surface area contributed by atoms with Crippen LogP contribution in [-0.2, 0) is 9.84 Å². The summed E-state index contributed by atoms with van der Waals surface area (Å²) in [6.07, 6.45) is 0. The normalized spacial score (nSPS) is 24.6. The minimum Gasteiger partial charge on any atom is -0.288 e. The highest BCUT2D eigenvalue weighted by atomic mass is 32.2. The van der Waals surface area contributed by atoms with Crippen molar-refractivity contribution >= 4 is 27.2 Å². The number of anilines is 2. The molecule has 5 nitrogen and oxygen atoms in total. The van der Waals surface area contributed by atoms with E-state index in [1.165, 1.54) is 0 Å². The number of hydrogen-bond acceptors (Lipinski definition) is 3. The molecule has 0 N–H and O–H groups in total. The summed E-state index contributed by atoms with van der Waals surface area (Å²) >= 11 is 0. The van der Waals surface area contributed by atoms with Crippen molar-refractivity contribution in [2.24, 2.45) is 0 Å². The van der Waals surface area contributed by atoms with Crippen LogP contribution in [0, 0.1) is 13.8 Å². The highest BCUT2D eigenvalue weighted by molar-refractivity contribution is 7.91. The molecule has 2 saturated heterocycles. The van der Waals surface area contributed by atoms with Crippen LogP contribution in [0.5, 0.6) is 0 Å². The molecule has 4 rings (SSSR count). The summed E-state index contributed by atoms with van der Waals surface area (Å²) in [5.74, 6) is 0.0271. The van der Waals surface area contributed by atoms with Crippen molar-refractivity contribution in [1.82, 2.24) is 0 Å². The van der Waals surface area contributed by atoms with Crippen molar-refractivity contribution in [1.29, 1.82) is 0 Å². The average Bonchev–Trinajstić information content (AvgIpc) is 3.00. The van der Waals surface area contributed by atoms with Crippen LogP contribution < -0.4 is 9.80 Å². The third-order valence-corrected chi connectivity index (χ3v) is 6.87. The van der Waals surface area contributed by atoms with Gasteiger partial charge in [0, 0.05) is 11.4 Å². The van der Waals surface area contributed by atoms with Crippen LogP contribution >= 0.6 is 0 Å². The molecule has 0 aromatic heterocycles. The number of rotatable bonds is 2. The van der Waals surface area contributed by atoms with E-state index >= 15 is 0 Å². The molecule has 0 spiro atoms. The minimum atomic E-state index is -3.16. The Balaban J connectivity index is 1.82. The highest BCUT2D eigenvalue weighted by Gasteiger charge is 2.54. The van der Waals surface area contributed by atoms with Gasteiger partial charge >= 0.3 is 6.03 Å². The van der Waals surface area contributed by atoms with Crippen LogP contribution in [0.1, 0.15) is 11.1 Å². The highest BCUT2D eigenvalue weighted by Crippen LogP contribution is 2.38. The summed E-state index contributed by atoms with van der Waals surface area (Å²) in [6.45, 7) is 4.02. The van der Waals surface area contributed by atoms with Crippen LogP contribution in [0.4, 0.5) is 16.2 Å². The second kappa shape index (κ2) is 5.59. The molecule has 2 amide bonds. The summed E-state index contributed by atoms with van der Waals surface area (Å²) in [4.78, 5) is 16.5. The van der Waals surface area contributed by atoms with Crippen LogP contribution in [-0.4, -0.2) is 38.0 Å². The van der Waals surface area contributed by atoms with E-state index in [9.17, 15) is 13.2 Å². The van der Waals surface area contributed by atoms with E-state index < -0.39 is 9.84 Å². The third kappa shape index (κ3) is 2.61. The molecule has 2 fully saturated rings. The van der Waals surface area contributed by atoms with Crippen molar-refractivity contribution in [3.05, 3.63) is 59.7 Å². The fraction of sp³-hybridized carbons (Fsp3) is 0.316. The first kappa shape index (κ1) is 16.1. The molecule has 0 radical (unpaired) electrons. The largest absolute Gasteiger partial charge is 0.329 e. The van der Waals surface area contributed by atoms with Gasteiger partial charge in [0.15, 0.2) is 9.84 Å². The van der Waals surface area contributed by atoms with Crippen LogP contribution in [0.2, 0.25) is 0 Å². The molecule has 2 aromatic carbocycles. The maximum atomic E-state index is 13.2. The summed E-state index contributed by atoms with van der Waals surface area (Å²) in [5.41, 5.74) is 3.73. The number of aryl methyl sites for hydroxylation is 2. The Kier molecular flexibility index (Phi) is 3.61. The van der Waals surface area contributed by atoms with Crippen LogP contribution in [0.3, 0.4) is 0 Å². The number of amides is 2. The molecule has 130 valence electrons.